The molecule has 228 valence electrons. The van der Waals surface area contributed by atoms with Crippen molar-refractivity contribution in [2.24, 2.45) is 0 Å². The molecule has 0 atom stereocenters. The van der Waals surface area contributed by atoms with Gasteiger partial charge in [-0.1, -0.05) is 18.1 Å². The number of rotatable bonds is 11. The fourth-order valence-electron chi connectivity index (χ4n) is 5.30. The molecule has 1 saturated carbocycles. The van der Waals surface area contributed by atoms with E-state index in [2.05, 4.69) is 36.0 Å². The molecule has 1 aliphatic rings. The largest absolute Gasteiger partial charge is 0.458 e. The molecule has 4 aromatic heterocycles. The molecule has 13 heteroatoms. The number of pyridine rings is 1. The van der Waals surface area contributed by atoms with Gasteiger partial charge in [-0.2, -0.15) is 5.10 Å². The summed E-state index contributed by atoms with van der Waals surface area (Å²) in [6.45, 7) is 8.46. The van der Waals surface area contributed by atoms with Crippen LogP contribution in [0.25, 0.3) is 17.0 Å². The Balaban J connectivity index is 1.13. The van der Waals surface area contributed by atoms with Crippen LogP contribution in [0.2, 0.25) is 0 Å². The first kappa shape index (κ1) is 30.1. The van der Waals surface area contributed by atoms with Crippen molar-refractivity contribution in [2.45, 2.75) is 84.3 Å². The van der Waals surface area contributed by atoms with Crippen molar-refractivity contribution in [3.05, 3.63) is 48.2 Å². The van der Waals surface area contributed by atoms with Crippen LogP contribution >= 0.6 is 0 Å². The van der Waals surface area contributed by atoms with E-state index in [1.54, 1.807) is 23.3 Å². The molecule has 0 spiro atoms. The molecule has 1 fully saturated rings. The highest BCUT2D eigenvalue weighted by Gasteiger charge is 2.25. The molecule has 2 amide bonds. The highest BCUT2D eigenvalue weighted by Crippen LogP contribution is 2.37. The van der Waals surface area contributed by atoms with Gasteiger partial charge in [0.15, 0.2) is 5.65 Å². The van der Waals surface area contributed by atoms with E-state index in [1.165, 1.54) is 12.8 Å². The lowest BCUT2D eigenvalue weighted by atomic mass is 10.0. The van der Waals surface area contributed by atoms with Gasteiger partial charge in [-0.15, -0.1) is 5.10 Å². The molecule has 0 aliphatic heterocycles. The van der Waals surface area contributed by atoms with Gasteiger partial charge in [-0.25, -0.2) is 19.1 Å². The quantitative estimate of drug-likeness (QED) is 0.179. The van der Waals surface area contributed by atoms with Gasteiger partial charge in [-0.3, -0.25) is 9.67 Å². The van der Waals surface area contributed by atoms with Crippen molar-refractivity contribution in [1.82, 2.24) is 34.6 Å². The normalized spacial score (nSPS) is 13.9. The fraction of sp³-hybridized carbons (Fsp3) is 0.500. The molecular weight excluding hydrogens is 550 g/mol. The number of amides is 2. The Labute approximate surface area is 250 Å². The first-order chi connectivity index (χ1) is 20.7. The van der Waals surface area contributed by atoms with Crippen molar-refractivity contribution in [3.63, 3.8) is 0 Å². The predicted molar refractivity (Wildman–Crippen MR) is 161 cm³/mol. The number of anilines is 2. The first-order valence-corrected chi connectivity index (χ1v) is 14.7. The number of nitrogens with zero attached hydrogens (tertiary/aromatic N) is 7. The smallest absolute Gasteiger partial charge is 0.332 e. The van der Waals surface area contributed by atoms with Crippen LogP contribution in [0.15, 0.2) is 36.9 Å². The number of urea groups is 1. The van der Waals surface area contributed by atoms with Crippen molar-refractivity contribution in [1.29, 1.82) is 0 Å². The molecule has 4 heterocycles. The van der Waals surface area contributed by atoms with E-state index in [-0.39, 0.29) is 18.6 Å². The highest BCUT2D eigenvalue weighted by atomic mass is 16.6. The van der Waals surface area contributed by atoms with Crippen LogP contribution in [0.5, 0.6) is 0 Å². The molecule has 0 saturated heterocycles. The van der Waals surface area contributed by atoms with Crippen molar-refractivity contribution < 1.29 is 19.1 Å². The molecule has 5 rings (SSSR count). The summed E-state index contributed by atoms with van der Waals surface area (Å²) in [4.78, 5) is 33.7. The number of unbranched alkanes of at least 4 members (excludes halogenated alkanes) is 1. The third-order valence-electron chi connectivity index (χ3n) is 7.13. The SMILES string of the molecule is Cc1cc(NC(=O)Nc2cnc3ccnn3c2C2CCCC2)cnc1-c1cn(CCCCOCC(=O)OC(C)(C)C)nn1. The standard InChI is InChI=1S/C30H39N9O4/c1-20-15-22(34-29(41)35-23-17-31-25-11-12-33-39(25)28(23)21-9-5-6-10-21)16-32-27(20)24-18-38(37-36-24)13-7-8-14-42-19-26(40)43-30(2,3)4/h11-12,15-18,21H,5-10,13-14,19H2,1-4H3,(H2,34,35,41). The fourth-order valence-corrected chi connectivity index (χ4v) is 5.30. The Kier molecular flexibility index (Phi) is 9.29. The Morgan fingerprint density at radius 3 is 2.67 bits per heavy atom. The zero-order valence-electron chi connectivity index (χ0n) is 25.2. The Morgan fingerprint density at radius 2 is 1.91 bits per heavy atom. The summed E-state index contributed by atoms with van der Waals surface area (Å²) in [5.41, 5.74) is 4.66. The molecule has 0 unspecified atom stereocenters. The average molecular weight is 590 g/mol. The van der Waals surface area contributed by atoms with Crippen LogP contribution in [0.3, 0.4) is 0 Å². The van der Waals surface area contributed by atoms with E-state index in [9.17, 15) is 9.59 Å². The van der Waals surface area contributed by atoms with Crippen molar-refractivity contribution >= 4 is 29.0 Å². The third kappa shape index (κ3) is 7.92. The van der Waals surface area contributed by atoms with Gasteiger partial charge >= 0.3 is 12.0 Å². The minimum atomic E-state index is -0.516. The topological polar surface area (TPSA) is 150 Å². The molecule has 0 bridgehead atoms. The molecule has 4 aromatic rings. The van der Waals surface area contributed by atoms with Crippen LogP contribution in [0.1, 0.15) is 76.5 Å². The van der Waals surface area contributed by atoms with Crippen LogP contribution in [0, 0.1) is 6.92 Å². The maximum Gasteiger partial charge on any atom is 0.332 e. The Hall–Kier alpha value is -4.39. The first-order valence-electron chi connectivity index (χ1n) is 14.7. The lowest BCUT2D eigenvalue weighted by molar-refractivity contribution is -0.160. The van der Waals surface area contributed by atoms with Crippen LogP contribution < -0.4 is 10.6 Å². The zero-order chi connectivity index (χ0) is 30.4. The van der Waals surface area contributed by atoms with E-state index >= 15 is 0 Å². The average Bonchev–Trinajstić information content (AvgIpc) is 3.72. The van der Waals surface area contributed by atoms with E-state index in [0.717, 1.165) is 42.6 Å². The van der Waals surface area contributed by atoms with Gasteiger partial charge in [0.1, 0.15) is 17.9 Å². The number of carbonyl (C=O) groups excluding carboxylic acids is 2. The van der Waals surface area contributed by atoms with Gasteiger partial charge in [-0.05, 0) is 65.0 Å². The van der Waals surface area contributed by atoms with Gasteiger partial charge in [0.05, 0.1) is 47.6 Å². The minimum Gasteiger partial charge on any atom is -0.458 e. The summed E-state index contributed by atoms with van der Waals surface area (Å²) in [6.07, 6.45) is 12.9. The lowest BCUT2D eigenvalue weighted by Gasteiger charge is -2.19. The van der Waals surface area contributed by atoms with Crippen molar-refractivity contribution in [2.75, 3.05) is 23.8 Å². The molecule has 0 radical (unpaired) electrons. The maximum atomic E-state index is 13.0. The second-order valence-corrected chi connectivity index (χ2v) is 11.8. The number of nitrogens with one attached hydrogen (secondary N) is 2. The summed E-state index contributed by atoms with van der Waals surface area (Å²) in [5.74, 6) is -0.0362. The third-order valence-corrected chi connectivity index (χ3v) is 7.13. The number of aryl methyl sites for hydroxylation is 2. The number of hydrogen-bond acceptors (Lipinski definition) is 9. The van der Waals surface area contributed by atoms with E-state index in [0.29, 0.717) is 41.8 Å². The van der Waals surface area contributed by atoms with E-state index in [1.807, 2.05) is 50.5 Å². The van der Waals surface area contributed by atoms with Gasteiger partial charge < -0.3 is 20.1 Å². The molecule has 43 heavy (non-hydrogen) atoms. The van der Waals surface area contributed by atoms with Gasteiger partial charge in [0, 0.05) is 25.1 Å². The highest BCUT2D eigenvalue weighted by molar-refractivity contribution is 6.00. The monoisotopic (exact) mass is 589 g/mol. The lowest BCUT2D eigenvalue weighted by Crippen LogP contribution is -2.26. The number of aromatic nitrogens is 7. The zero-order valence-corrected chi connectivity index (χ0v) is 25.2. The number of fused-ring (bicyclic) bond motifs is 1. The maximum absolute atomic E-state index is 13.0. The van der Waals surface area contributed by atoms with Crippen molar-refractivity contribution in [3.8, 4) is 11.4 Å². The molecule has 0 aromatic carbocycles. The van der Waals surface area contributed by atoms with Crippen LogP contribution in [-0.2, 0) is 20.8 Å². The summed E-state index contributed by atoms with van der Waals surface area (Å²) in [6, 6.07) is 3.35. The molecule has 2 N–H and O–H groups in total. The van der Waals surface area contributed by atoms with Gasteiger partial charge in [0.2, 0.25) is 0 Å². The molecular formula is C30H39N9O4. The summed E-state index contributed by atoms with van der Waals surface area (Å²) >= 11 is 0. The number of ether oxygens (including phenoxy) is 2. The van der Waals surface area contributed by atoms with Crippen LogP contribution in [0.4, 0.5) is 16.2 Å². The second-order valence-electron chi connectivity index (χ2n) is 11.8. The summed E-state index contributed by atoms with van der Waals surface area (Å²) < 4.78 is 14.2. The Morgan fingerprint density at radius 1 is 1.09 bits per heavy atom. The van der Waals surface area contributed by atoms with Crippen LogP contribution in [-0.4, -0.2) is 65.4 Å². The number of hydrogen-bond donors (Lipinski definition) is 2. The van der Waals surface area contributed by atoms with E-state index in [4.69, 9.17) is 9.47 Å². The summed E-state index contributed by atoms with van der Waals surface area (Å²) in [5, 5.41) is 18.8. The minimum absolute atomic E-state index is 0.0536. The van der Waals surface area contributed by atoms with Gasteiger partial charge in [0.25, 0.3) is 0 Å². The Bertz CT molecular complexity index is 1570. The predicted octanol–water partition coefficient (Wildman–Crippen LogP) is 5.13. The molecule has 13 nitrogen and oxygen atoms in total. The summed E-state index contributed by atoms with van der Waals surface area (Å²) in [7, 11) is 0. The second kappa shape index (κ2) is 13.3. The van der Waals surface area contributed by atoms with E-state index < -0.39 is 5.60 Å². The number of carbonyl (C=O) groups is 2. The number of esters is 1. The molecule has 1 aliphatic carbocycles.